The van der Waals surface area contributed by atoms with E-state index in [4.69, 9.17) is 0 Å². The summed E-state index contributed by atoms with van der Waals surface area (Å²) in [5.74, 6) is 0.733. The van der Waals surface area contributed by atoms with E-state index in [2.05, 4.69) is 9.68 Å². The zero-order valence-electron chi connectivity index (χ0n) is 9.05. The average molecular weight is 246 g/mol. The first-order valence-electron chi connectivity index (χ1n) is 5.21. The molecule has 6 nitrogen and oxygen atoms in total. The van der Waals surface area contributed by atoms with Gasteiger partial charge in [0, 0.05) is 6.54 Å². The second kappa shape index (κ2) is 4.04. The molecule has 0 amide bonds. The van der Waals surface area contributed by atoms with E-state index in [0.29, 0.717) is 25.2 Å². The molecule has 0 saturated carbocycles. The Labute approximate surface area is 93.2 Å². The van der Waals surface area contributed by atoms with Crippen molar-refractivity contribution >= 4 is 9.84 Å². The van der Waals surface area contributed by atoms with Crippen LogP contribution in [0.1, 0.15) is 18.7 Å². The Morgan fingerprint density at radius 3 is 2.56 bits per heavy atom. The highest BCUT2D eigenvalue weighted by Crippen LogP contribution is 2.20. The van der Waals surface area contributed by atoms with Crippen molar-refractivity contribution in [2.24, 2.45) is 5.92 Å². The van der Waals surface area contributed by atoms with Crippen LogP contribution in [0.25, 0.3) is 0 Å². The average Bonchev–Trinajstić information content (AvgIpc) is 2.52. The van der Waals surface area contributed by atoms with Crippen molar-refractivity contribution in [1.29, 1.82) is 0 Å². The van der Waals surface area contributed by atoms with Crippen molar-refractivity contribution in [3.63, 3.8) is 0 Å². The molecule has 90 valence electrons. The largest absolute Gasteiger partial charge is 0.441 e. The van der Waals surface area contributed by atoms with E-state index in [1.807, 2.05) is 0 Å². The van der Waals surface area contributed by atoms with Crippen LogP contribution in [-0.2, 0) is 16.4 Å². The van der Waals surface area contributed by atoms with Crippen LogP contribution in [0.3, 0.4) is 0 Å². The van der Waals surface area contributed by atoms with Crippen molar-refractivity contribution in [3.05, 3.63) is 16.4 Å². The van der Waals surface area contributed by atoms with Gasteiger partial charge in [-0.25, -0.2) is 13.2 Å². The fourth-order valence-electron chi connectivity index (χ4n) is 1.92. The lowest BCUT2D eigenvalue weighted by Gasteiger charge is -2.21. The van der Waals surface area contributed by atoms with Crippen LogP contribution in [0, 0.1) is 12.8 Å². The number of sulfone groups is 1. The zero-order chi connectivity index (χ0) is 11.8. The summed E-state index contributed by atoms with van der Waals surface area (Å²) in [7, 11) is -2.84. The third-order valence-corrected chi connectivity index (χ3v) is 4.70. The molecule has 0 spiro atoms. The molecule has 0 bridgehead atoms. The van der Waals surface area contributed by atoms with Gasteiger partial charge < -0.3 is 0 Å². The van der Waals surface area contributed by atoms with E-state index in [0.717, 1.165) is 0 Å². The van der Waals surface area contributed by atoms with Crippen LogP contribution in [0.15, 0.2) is 9.32 Å². The molecule has 0 N–H and O–H groups in total. The lowest BCUT2D eigenvalue weighted by molar-refractivity contribution is 0.352. The second-order valence-corrected chi connectivity index (χ2v) is 6.51. The summed E-state index contributed by atoms with van der Waals surface area (Å²) in [6.07, 6.45) is 1.22. The van der Waals surface area contributed by atoms with Gasteiger partial charge in [0.2, 0.25) is 0 Å². The number of rotatable bonds is 2. The molecule has 2 rings (SSSR count). The van der Waals surface area contributed by atoms with Gasteiger partial charge in [-0.1, -0.05) is 5.16 Å². The smallest absolute Gasteiger partial charge is 0.296 e. The molecule has 1 aliphatic rings. The number of hydrogen-bond acceptors (Lipinski definition) is 5. The molecule has 1 aliphatic heterocycles. The molecule has 1 aromatic rings. The molecule has 0 aliphatic carbocycles. The fourth-order valence-corrected chi connectivity index (χ4v) is 3.51. The van der Waals surface area contributed by atoms with Gasteiger partial charge in [0.05, 0.1) is 11.5 Å². The molecule has 0 unspecified atom stereocenters. The Morgan fingerprint density at radius 1 is 1.44 bits per heavy atom. The predicted octanol–water partition coefficient (Wildman–Crippen LogP) is -0.0305. The van der Waals surface area contributed by atoms with Crippen LogP contribution in [-0.4, -0.2) is 29.6 Å². The van der Waals surface area contributed by atoms with Gasteiger partial charge in [-0.15, -0.1) is 0 Å². The summed E-state index contributed by atoms with van der Waals surface area (Å²) in [6.45, 7) is 2.20. The Bertz CT molecular complexity index is 514. The minimum absolute atomic E-state index is 0.219. The SMILES string of the molecule is Cc1noc(=O)n1CC1CCS(=O)(=O)CC1. The van der Waals surface area contributed by atoms with Crippen molar-refractivity contribution in [2.75, 3.05) is 11.5 Å². The predicted molar refractivity (Wildman–Crippen MR) is 56.9 cm³/mol. The molecule has 1 fully saturated rings. The first kappa shape index (κ1) is 11.4. The third-order valence-electron chi connectivity index (χ3n) is 2.98. The Morgan fingerprint density at radius 2 is 2.06 bits per heavy atom. The molecular weight excluding hydrogens is 232 g/mol. The maximum atomic E-state index is 11.3. The van der Waals surface area contributed by atoms with Crippen LogP contribution in [0.4, 0.5) is 0 Å². The maximum Gasteiger partial charge on any atom is 0.441 e. The van der Waals surface area contributed by atoms with Crippen LogP contribution in [0.5, 0.6) is 0 Å². The molecule has 16 heavy (non-hydrogen) atoms. The monoisotopic (exact) mass is 246 g/mol. The van der Waals surface area contributed by atoms with Crippen LogP contribution < -0.4 is 5.76 Å². The fraction of sp³-hybridized carbons (Fsp3) is 0.778. The minimum Gasteiger partial charge on any atom is -0.296 e. The Hall–Kier alpha value is -1.11. The summed E-state index contributed by atoms with van der Waals surface area (Å²) >= 11 is 0. The highest BCUT2D eigenvalue weighted by molar-refractivity contribution is 7.91. The maximum absolute atomic E-state index is 11.3. The highest BCUT2D eigenvalue weighted by Gasteiger charge is 2.24. The van der Waals surface area contributed by atoms with Gasteiger partial charge in [0.15, 0.2) is 5.82 Å². The van der Waals surface area contributed by atoms with E-state index < -0.39 is 15.6 Å². The normalized spacial score (nSPS) is 21.1. The summed E-state index contributed by atoms with van der Waals surface area (Å²) in [6, 6.07) is 0. The highest BCUT2D eigenvalue weighted by atomic mass is 32.2. The van der Waals surface area contributed by atoms with Gasteiger partial charge in [-0.05, 0) is 25.7 Å². The molecule has 2 heterocycles. The van der Waals surface area contributed by atoms with Gasteiger partial charge in [-0.3, -0.25) is 9.09 Å². The first-order valence-corrected chi connectivity index (χ1v) is 7.03. The van der Waals surface area contributed by atoms with Gasteiger partial charge in [0.25, 0.3) is 0 Å². The Balaban J connectivity index is 2.05. The van der Waals surface area contributed by atoms with Gasteiger partial charge >= 0.3 is 5.76 Å². The quantitative estimate of drug-likeness (QED) is 0.731. The van der Waals surface area contributed by atoms with E-state index in [1.165, 1.54) is 4.57 Å². The van der Waals surface area contributed by atoms with E-state index in [9.17, 15) is 13.2 Å². The molecule has 0 aromatic carbocycles. The molecule has 1 aromatic heterocycles. The van der Waals surface area contributed by atoms with Crippen LogP contribution in [0.2, 0.25) is 0 Å². The number of nitrogens with zero attached hydrogens (tertiary/aromatic N) is 2. The van der Waals surface area contributed by atoms with E-state index >= 15 is 0 Å². The molecule has 0 radical (unpaired) electrons. The van der Waals surface area contributed by atoms with Crippen molar-refractivity contribution in [3.8, 4) is 0 Å². The molecule has 7 heteroatoms. The first-order chi connectivity index (χ1) is 7.48. The van der Waals surface area contributed by atoms with Crippen molar-refractivity contribution in [1.82, 2.24) is 9.72 Å². The van der Waals surface area contributed by atoms with Gasteiger partial charge in [0.1, 0.15) is 9.84 Å². The Kier molecular flexibility index (Phi) is 2.88. The standard InChI is InChI=1S/C9H14N2O4S/c1-7-10-15-9(12)11(7)6-8-2-4-16(13,14)5-3-8/h8H,2-6H2,1H3. The molecule has 1 saturated heterocycles. The summed E-state index contributed by atoms with van der Waals surface area (Å²) in [5.41, 5.74) is 0. The minimum atomic E-state index is -2.84. The molecule has 0 atom stereocenters. The number of hydrogen-bond donors (Lipinski definition) is 0. The number of aromatic nitrogens is 2. The third kappa shape index (κ3) is 2.34. The lowest BCUT2D eigenvalue weighted by atomic mass is 10.0. The summed E-state index contributed by atoms with van der Waals surface area (Å²) < 4.78 is 28.4. The van der Waals surface area contributed by atoms with E-state index in [-0.39, 0.29) is 17.4 Å². The summed E-state index contributed by atoms with van der Waals surface area (Å²) in [4.78, 5) is 11.3. The van der Waals surface area contributed by atoms with Crippen LogP contribution >= 0.6 is 0 Å². The van der Waals surface area contributed by atoms with E-state index in [1.54, 1.807) is 6.92 Å². The summed E-state index contributed by atoms with van der Waals surface area (Å²) in [5, 5.41) is 3.57. The van der Waals surface area contributed by atoms with Crippen molar-refractivity contribution < 1.29 is 12.9 Å². The van der Waals surface area contributed by atoms with Gasteiger partial charge in [-0.2, -0.15) is 0 Å². The topological polar surface area (TPSA) is 82.2 Å². The second-order valence-electron chi connectivity index (χ2n) is 4.20. The van der Waals surface area contributed by atoms with Crippen molar-refractivity contribution in [2.45, 2.75) is 26.3 Å². The zero-order valence-corrected chi connectivity index (χ0v) is 9.87. The lowest BCUT2D eigenvalue weighted by Crippen LogP contribution is -2.29. The number of aryl methyl sites for hydroxylation is 1. The molecular formula is C9H14N2O4S.